The highest BCUT2D eigenvalue weighted by Crippen LogP contribution is 2.29. The molecule has 0 unspecified atom stereocenters. The van der Waals surface area contributed by atoms with E-state index in [-0.39, 0.29) is 0 Å². The molecule has 0 bridgehead atoms. The van der Waals surface area contributed by atoms with Crippen LogP contribution in [0.25, 0.3) is 10.8 Å². The van der Waals surface area contributed by atoms with Crippen LogP contribution in [0.15, 0.2) is 54.7 Å². The van der Waals surface area contributed by atoms with E-state index in [2.05, 4.69) is 39.0 Å². The van der Waals surface area contributed by atoms with Gasteiger partial charge >= 0.3 is 0 Å². The SMILES string of the molecule is NCc1ncc(N2CCN(c3cccc(Cl)c3)CC2)c2ccccc12. The zero-order chi connectivity index (χ0) is 17.2. The number of fused-ring (bicyclic) bond motifs is 1. The Morgan fingerprint density at radius 1 is 0.920 bits per heavy atom. The van der Waals surface area contributed by atoms with Crippen molar-refractivity contribution in [1.82, 2.24) is 4.98 Å². The second kappa shape index (κ2) is 6.90. The summed E-state index contributed by atoms with van der Waals surface area (Å²) in [5.41, 5.74) is 9.18. The molecular weight excluding hydrogens is 332 g/mol. The van der Waals surface area contributed by atoms with Crippen LogP contribution in [0.1, 0.15) is 5.69 Å². The van der Waals surface area contributed by atoms with Crippen molar-refractivity contribution in [1.29, 1.82) is 0 Å². The number of nitrogens with zero attached hydrogens (tertiary/aromatic N) is 3. The molecule has 5 heteroatoms. The Bertz CT molecular complexity index is 888. The lowest BCUT2D eigenvalue weighted by atomic mass is 10.1. The average molecular weight is 353 g/mol. The summed E-state index contributed by atoms with van der Waals surface area (Å²) in [5.74, 6) is 0. The molecule has 2 heterocycles. The molecule has 25 heavy (non-hydrogen) atoms. The third-order valence-corrected chi connectivity index (χ3v) is 5.08. The molecule has 1 saturated heterocycles. The molecule has 0 saturated carbocycles. The van der Waals surface area contributed by atoms with Crippen LogP contribution in [-0.4, -0.2) is 31.2 Å². The predicted octanol–water partition coefficient (Wildman–Crippen LogP) is 3.67. The second-order valence-corrected chi connectivity index (χ2v) is 6.73. The van der Waals surface area contributed by atoms with Crippen LogP contribution in [0.3, 0.4) is 0 Å². The van der Waals surface area contributed by atoms with Gasteiger partial charge in [0.2, 0.25) is 0 Å². The maximum Gasteiger partial charge on any atom is 0.0633 e. The number of nitrogens with two attached hydrogens (primary N) is 1. The molecule has 0 radical (unpaired) electrons. The molecule has 1 aromatic heterocycles. The molecule has 0 spiro atoms. The Labute approximate surface area is 152 Å². The summed E-state index contributed by atoms with van der Waals surface area (Å²) in [6.07, 6.45) is 1.97. The molecule has 4 nitrogen and oxygen atoms in total. The van der Waals surface area contributed by atoms with Crippen LogP contribution in [0, 0.1) is 0 Å². The van der Waals surface area contributed by atoms with Crippen molar-refractivity contribution in [2.45, 2.75) is 6.54 Å². The first-order valence-electron chi connectivity index (χ1n) is 8.58. The topological polar surface area (TPSA) is 45.4 Å². The van der Waals surface area contributed by atoms with Gasteiger partial charge in [-0.15, -0.1) is 0 Å². The van der Waals surface area contributed by atoms with Crippen molar-refractivity contribution in [3.8, 4) is 0 Å². The molecule has 0 amide bonds. The Balaban J connectivity index is 1.58. The minimum Gasteiger partial charge on any atom is -0.368 e. The third-order valence-electron chi connectivity index (χ3n) is 4.84. The first kappa shape index (κ1) is 16.2. The maximum atomic E-state index is 6.13. The lowest BCUT2D eigenvalue weighted by Crippen LogP contribution is -2.46. The normalized spacial score (nSPS) is 15.0. The number of aromatic nitrogens is 1. The molecule has 2 N–H and O–H groups in total. The molecule has 1 aliphatic rings. The Hall–Kier alpha value is -2.30. The van der Waals surface area contributed by atoms with Gasteiger partial charge in [-0.3, -0.25) is 4.98 Å². The number of piperazine rings is 1. The zero-order valence-electron chi connectivity index (χ0n) is 14.0. The minimum absolute atomic E-state index is 0.462. The Morgan fingerprint density at radius 2 is 1.64 bits per heavy atom. The van der Waals surface area contributed by atoms with Gasteiger partial charge in [0.05, 0.1) is 17.6 Å². The van der Waals surface area contributed by atoms with Gasteiger partial charge in [0.25, 0.3) is 0 Å². The molecule has 0 aliphatic carbocycles. The van der Waals surface area contributed by atoms with Crippen LogP contribution < -0.4 is 15.5 Å². The zero-order valence-corrected chi connectivity index (χ0v) is 14.8. The summed E-state index contributed by atoms with van der Waals surface area (Å²) in [4.78, 5) is 9.39. The predicted molar refractivity (Wildman–Crippen MR) is 106 cm³/mol. The fraction of sp³-hybridized carbons (Fsp3) is 0.250. The van der Waals surface area contributed by atoms with Gasteiger partial charge in [0.15, 0.2) is 0 Å². The number of pyridine rings is 1. The van der Waals surface area contributed by atoms with Gasteiger partial charge < -0.3 is 15.5 Å². The number of halogens is 1. The van der Waals surface area contributed by atoms with E-state index < -0.39 is 0 Å². The van der Waals surface area contributed by atoms with Gasteiger partial charge in [-0.2, -0.15) is 0 Å². The maximum absolute atomic E-state index is 6.13. The van der Waals surface area contributed by atoms with E-state index in [4.69, 9.17) is 17.3 Å². The lowest BCUT2D eigenvalue weighted by molar-refractivity contribution is 0.654. The standard InChI is InChI=1S/C20H21ClN4/c21-15-4-3-5-16(12-15)24-8-10-25(11-9-24)20-14-23-19(13-22)17-6-1-2-7-18(17)20/h1-7,12,14H,8-11,13,22H2. The summed E-state index contributed by atoms with van der Waals surface area (Å²) >= 11 is 6.13. The van der Waals surface area contributed by atoms with Crippen molar-refractivity contribution >= 4 is 33.7 Å². The number of anilines is 2. The van der Waals surface area contributed by atoms with E-state index in [0.717, 1.165) is 42.3 Å². The summed E-state index contributed by atoms with van der Waals surface area (Å²) in [5, 5.41) is 3.17. The van der Waals surface area contributed by atoms with Crippen LogP contribution in [0.4, 0.5) is 11.4 Å². The fourth-order valence-electron chi connectivity index (χ4n) is 3.53. The van der Waals surface area contributed by atoms with Gasteiger partial charge in [0.1, 0.15) is 0 Å². The molecule has 4 rings (SSSR count). The lowest BCUT2D eigenvalue weighted by Gasteiger charge is -2.37. The second-order valence-electron chi connectivity index (χ2n) is 6.29. The summed E-state index contributed by atoms with van der Waals surface area (Å²) in [6, 6.07) is 16.5. The summed E-state index contributed by atoms with van der Waals surface area (Å²) in [7, 11) is 0. The van der Waals surface area contributed by atoms with Crippen molar-refractivity contribution < 1.29 is 0 Å². The molecule has 1 aliphatic heterocycles. The number of rotatable bonds is 3. The van der Waals surface area contributed by atoms with Crippen LogP contribution >= 0.6 is 11.6 Å². The highest BCUT2D eigenvalue weighted by atomic mass is 35.5. The fourth-order valence-corrected chi connectivity index (χ4v) is 3.71. The third kappa shape index (κ3) is 3.15. The number of benzene rings is 2. The quantitative estimate of drug-likeness (QED) is 0.781. The molecule has 2 aromatic carbocycles. The molecular formula is C20H21ClN4. The average Bonchev–Trinajstić information content (AvgIpc) is 2.67. The van der Waals surface area contributed by atoms with Crippen molar-refractivity contribution in [3.63, 3.8) is 0 Å². The van der Waals surface area contributed by atoms with Crippen LogP contribution in [0.2, 0.25) is 5.02 Å². The molecule has 128 valence electrons. The molecule has 0 atom stereocenters. The van der Waals surface area contributed by atoms with Gasteiger partial charge in [0, 0.05) is 54.2 Å². The van der Waals surface area contributed by atoms with Crippen LogP contribution in [-0.2, 0) is 6.54 Å². The van der Waals surface area contributed by atoms with Gasteiger partial charge in [-0.05, 0) is 18.2 Å². The van der Waals surface area contributed by atoms with Crippen molar-refractivity contribution in [2.24, 2.45) is 5.73 Å². The van der Waals surface area contributed by atoms with Gasteiger partial charge in [-0.1, -0.05) is 41.9 Å². The van der Waals surface area contributed by atoms with Crippen LogP contribution in [0.5, 0.6) is 0 Å². The van der Waals surface area contributed by atoms with E-state index >= 15 is 0 Å². The van der Waals surface area contributed by atoms with Gasteiger partial charge in [-0.25, -0.2) is 0 Å². The van der Waals surface area contributed by atoms with E-state index in [1.807, 2.05) is 30.5 Å². The summed E-state index contributed by atoms with van der Waals surface area (Å²) in [6.45, 7) is 4.31. The number of hydrogen-bond acceptors (Lipinski definition) is 4. The largest absolute Gasteiger partial charge is 0.368 e. The molecule has 3 aromatic rings. The molecule has 1 fully saturated rings. The minimum atomic E-state index is 0.462. The van der Waals surface area contributed by atoms with E-state index in [1.165, 1.54) is 16.8 Å². The van der Waals surface area contributed by atoms with Crippen molar-refractivity contribution in [3.05, 3.63) is 65.4 Å². The smallest absolute Gasteiger partial charge is 0.0633 e. The number of hydrogen-bond donors (Lipinski definition) is 1. The Kier molecular flexibility index (Phi) is 4.47. The van der Waals surface area contributed by atoms with E-state index in [0.29, 0.717) is 6.54 Å². The Morgan fingerprint density at radius 3 is 2.36 bits per heavy atom. The highest BCUT2D eigenvalue weighted by molar-refractivity contribution is 6.30. The van der Waals surface area contributed by atoms with Crippen molar-refractivity contribution in [2.75, 3.05) is 36.0 Å². The van der Waals surface area contributed by atoms with E-state index in [9.17, 15) is 0 Å². The van der Waals surface area contributed by atoms with E-state index in [1.54, 1.807) is 0 Å². The summed E-state index contributed by atoms with van der Waals surface area (Å²) < 4.78 is 0. The first-order valence-corrected chi connectivity index (χ1v) is 8.96. The first-order chi connectivity index (χ1) is 12.3. The highest BCUT2D eigenvalue weighted by Gasteiger charge is 2.20. The monoisotopic (exact) mass is 352 g/mol.